The molecule has 2 atom stereocenters. The molecule has 2 aliphatic rings. The number of rotatable bonds is 4. The maximum atomic E-state index is 10.5. The molecule has 19 heavy (non-hydrogen) atoms. The van der Waals surface area contributed by atoms with E-state index in [1.807, 2.05) is 19.4 Å². The average molecular weight is 278 g/mol. The first-order chi connectivity index (χ1) is 9.26. The van der Waals surface area contributed by atoms with Crippen LogP contribution in [0.25, 0.3) is 0 Å². The van der Waals surface area contributed by atoms with Gasteiger partial charge in [0.2, 0.25) is 0 Å². The minimum atomic E-state index is -1.44. The highest BCUT2D eigenvalue weighted by atomic mass is 32.3. The first kappa shape index (κ1) is 13.0. The summed E-state index contributed by atoms with van der Waals surface area (Å²) in [5.41, 5.74) is 1.12. The van der Waals surface area contributed by atoms with E-state index in [-0.39, 0.29) is 5.44 Å². The van der Waals surface area contributed by atoms with Crippen molar-refractivity contribution in [2.24, 2.45) is 5.92 Å². The third kappa shape index (κ3) is 2.17. The lowest BCUT2D eigenvalue weighted by molar-refractivity contribution is 0.255. The molecule has 0 aromatic carbocycles. The van der Waals surface area contributed by atoms with Gasteiger partial charge in [-0.3, -0.25) is 3.97 Å². The molecule has 104 valence electrons. The Bertz CT molecular complexity index is 488. The molecule has 4 heteroatoms. The lowest BCUT2D eigenvalue weighted by atomic mass is 9.99. The lowest BCUT2D eigenvalue weighted by Crippen LogP contribution is -2.18. The number of aliphatic hydroxyl groups excluding tert-OH is 1. The number of hydrogen-bond donors (Lipinski definition) is 1. The zero-order chi connectivity index (χ0) is 13.3. The monoisotopic (exact) mass is 278 g/mol. The molecule has 0 radical (unpaired) electrons. The van der Waals surface area contributed by atoms with Crippen molar-refractivity contribution in [3.63, 3.8) is 0 Å². The summed E-state index contributed by atoms with van der Waals surface area (Å²) in [4.78, 5) is 4.16. The molecule has 1 aromatic heterocycles. The van der Waals surface area contributed by atoms with Crippen LogP contribution in [-0.4, -0.2) is 19.5 Å². The normalized spacial score (nSPS) is 32.2. The molecular weight excluding hydrogens is 256 g/mol. The molecule has 2 unspecified atom stereocenters. The van der Waals surface area contributed by atoms with Crippen LogP contribution in [0.5, 0.6) is 0 Å². The van der Waals surface area contributed by atoms with Crippen LogP contribution in [0.1, 0.15) is 39.0 Å². The molecule has 1 saturated carbocycles. The molecule has 1 aliphatic heterocycles. The molecule has 0 saturated heterocycles. The predicted molar refractivity (Wildman–Crippen MR) is 80.7 cm³/mol. The minimum absolute atomic E-state index is 0.322. The van der Waals surface area contributed by atoms with Crippen LogP contribution < -0.4 is 0 Å². The molecule has 2 heterocycles. The molecule has 0 amide bonds. The number of aromatic nitrogens is 2. The lowest BCUT2D eigenvalue weighted by Gasteiger charge is -2.37. The maximum absolute atomic E-state index is 10.5. The topological polar surface area (TPSA) is 38.0 Å². The Morgan fingerprint density at radius 1 is 1.47 bits per heavy atom. The van der Waals surface area contributed by atoms with Gasteiger partial charge in [0.15, 0.2) is 0 Å². The predicted octanol–water partition coefficient (Wildman–Crippen LogP) is 3.78. The summed E-state index contributed by atoms with van der Waals surface area (Å²) in [7, 11) is -1.44. The van der Waals surface area contributed by atoms with Gasteiger partial charge in [-0.2, -0.15) is 0 Å². The van der Waals surface area contributed by atoms with Crippen molar-refractivity contribution in [3.8, 4) is 0 Å². The molecule has 1 N–H and O–H groups in total. The third-order valence-electron chi connectivity index (χ3n) is 4.26. The van der Waals surface area contributed by atoms with Crippen LogP contribution in [0.4, 0.5) is 0 Å². The molecule has 1 aromatic rings. The average Bonchev–Trinajstić information content (AvgIpc) is 3.14. The quantitative estimate of drug-likeness (QED) is 0.910. The Hall–Kier alpha value is -1.00. The van der Waals surface area contributed by atoms with Crippen molar-refractivity contribution < 1.29 is 5.11 Å². The molecule has 0 bridgehead atoms. The van der Waals surface area contributed by atoms with Crippen molar-refractivity contribution in [1.29, 1.82) is 0 Å². The van der Waals surface area contributed by atoms with E-state index in [4.69, 9.17) is 0 Å². The van der Waals surface area contributed by atoms with E-state index in [1.165, 1.54) is 31.3 Å². The van der Waals surface area contributed by atoms with Gasteiger partial charge >= 0.3 is 0 Å². The van der Waals surface area contributed by atoms with Crippen LogP contribution >= 0.6 is 10.2 Å². The molecule has 1 fully saturated rings. The van der Waals surface area contributed by atoms with Gasteiger partial charge in [0.1, 0.15) is 11.8 Å². The largest absolute Gasteiger partial charge is 0.382 e. The minimum Gasteiger partial charge on any atom is -0.382 e. The smallest absolute Gasteiger partial charge is 0.106 e. The number of aliphatic hydroxyl groups is 1. The fraction of sp³-hybridized carbons (Fsp3) is 0.533. The van der Waals surface area contributed by atoms with Gasteiger partial charge in [-0.25, -0.2) is 4.98 Å². The van der Waals surface area contributed by atoms with Gasteiger partial charge in [-0.1, -0.05) is 36.1 Å². The highest BCUT2D eigenvalue weighted by Gasteiger charge is 2.34. The molecule has 3 rings (SSSR count). The Morgan fingerprint density at radius 3 is 2.89 bits per heavy atom. The Balaban J connectivity index is 1.96. The standard InChI is InChI=1S/C15H22N2OS/c1-2-15(18)19(17-9-8-16-12-17)10-7-14(11-19)13-5-3-4-6-13/h7-13,15,18H,2-6H2,1H3. The summed E-state index contributed by atoms with van der Waals surface area (Å²) < 4.78 is 2.11. The highest BCUT2D eigenvalue weighted by molar-refractivity contribution is 8.37. The van der Waals surface area contributed by atoms with E-state index in [9.17, 15) is 5.11 Å². The van der Waals surface area contributed by atoms with Crippen molar-refractivity contribution >= 4 is 10.2 Å². The summed E-state index contributed by atoms with van der Waals surface area (Å²) in [6.07, 6.45) is 13.9. The van der Waals surface area contributed by atoms with Crippen molar-refractivity contribution in [2.75, 3.05) is 0 Å². The van der Waals surface area contributed by atoms with Crippen molar-refractivity contribution in [3.05, 3.63) is 41.2 Å². The van der Waals surface area contributed by atoms with Gasteiger partial charge in [-0.05, 0) is 41.6 Å². The molecule has 3 nitrogen and oxygen atoms in total. The van der Waals surface area contributed by atoms with E-state index < -0.39 is 10.2 Å². The first-order valence-corrected chi connectivity index (χ1v) is 8.92. The van der Waals surface area contributed by atoms with Gasteiger partial charge in [-0.15, -0.1) is 0 Å². The second-order valence-corrected chi connectivity index (χ2v) is 8.33. The van der Waals surface area contributed by atoms with Gasteiger partial charge in [0.05, 0.1) is 0 Å². The second kappa shape index (κ2) is 5.17. The number of nitrogens with zero attached hydrogens (tertiary/aromatic N) is 2. The summed E-state index contributed by atoms with van der Waals surface area (Å²) in [5.74, 6) is 0.707. The van der Waals surface area contributed by atoms with Crippen LogP contribution in [0.3, 0.4) is 0 Å². The fourth-order valence-corrected chi connectivity index (χ4v) is 6.18. The van der Waals surface area contributed by atoms with Crippen LogP contribution in [0.2, 0.25) is 0 Å². The maximum Gasteiger partial charge on any atom is 0.106 e. The zero-order valence-electron chi connectivity index (χ0n) is 11.4. The first-order valence-electron chi connectivity index (χ1n) is 7.15. The number of allylic oxidation sites excluding steroid dienone is 2. The van der Waals surface area contributed by atoms with Gasteiger partial charge in [0.25, 0.3) is 0 Å². The molecule has 1 aliphatic carbocycles. The Kier molecular flexibility index (Phi) is 3.54. The van der Waals surface area contributed by atoms with Crippen molar-refractivity contribution in [2.45, 2.75) is 44.5 Å². The third-order valence-corrected chi connectivity index (χ3v) is 7.63. The van der Waals surface area contributed by atoms with Gasteiger partial charge < -0.3 is 5.11 Å². The van der Waals surface area contributed by atoms with E-state index >= 15 is 0 Å². The second-order valence-electron chi connectivity index (χ2n) is 5.41. The Labute approximate surface area is 116 Å². The summed E-state index contributed by atoms with van der Waals surface area (Å²) in [5, 5.41) is 15.1. The van der Waals surface area contributed by atoms with Crippen molar-refractivity contribution in [1.82, 2.24) is 8.96 Å². The summed E-state index contributed by atoms with van der Waals surface area (Å²) in [6, 6.07) is 0. The SMILES string of the molecule is CCC(O)S1(n2ccnc2)C=CC(C2CCCC2)=C1. The van der Waals surface area contributed by atoms with Crippen LogP contribution in [-0.2, 0) is 0 Å². The molecular formula is C15H22N2OS. The van der Waals surface area contributed by atoms with E-state index in [0.717, 1.165) is 6.42 Å². The van der Waals surface area contributed by atoms with E-state index in [0.29, 0.717) is 5.92 Å². The summed E-state index contributed by atoms with van der Waals surface area (Å²) in [6.45, 7) is 2.05. The number of imidazole rings is 1. The van der Waals surface area contributed by atoms with E-state index in [1.54, 1.807) is 6.20 Å². The zero-order valence-corrected chi connectivity index (χ0v) is 12.2. The summed E-state index contributed by atoms with van der Waals surface area (Å²) >= 11 is 0. The fourth-order valence-electron chi connectivity index (χ4n) is 3.12. The van der Waals surface area contributed by atoms with E-state index in [2.05, 4.69) is 25.8 Å². The van der Waals surface area contributed by atoms with Crippen LogP contribution in [0, 0.1) is 5.92 Å². The van der Waals surface area contributed by atoms with Crippen LogP contribution in [0.15, 0.2) is 41.2 Å². The highest BCUT2D eigenvalue weighted by Crippen LogP contribution is 2.61. The van der Waals surface area contributed by atoms with Gasteiger partial charge in [0, 0.05) is 12.4 Å². The molecule has 0 spiro atoms. The number of hydrogen-bond acceptors (Lipinski definition) is 2. The Morgan fingerprint density at radius 2 is 2.26 bits per heavy atom.